The fourth-order valence-corrected chi connectivity index (χ4v) is 5.48. The molecule has 0 spiro atoms. The number of nitrogens with two attached hydrogens (primary N) is 2. The second-order valence-corrected chi connectivity index (χ2v) is 13.2. The normalized spacial score (nSPS) is 12.9. The zero-order valence-corrected chi connectivity index (χ0v) is 30.5. The van der Waals surface area contributed by atoms with Crippen molar-refractivity contribution in [1.82, 2.24) is 26.6 Å². The predicted molar refractivity (Wildman–Crippen MR) is 202 cm³/mol. The molecule has 0 aromatic heterocycles. The van der Waals surface area contributed by atoms with E-state index in [1.54, 1.807) is 66.7 Å². The van der Waals surface area contributed by atoms with Crippen molar-refractivity contribution in [1.29, 1.82) is 5.41 Å². The molecule has 0 radical (unpaired) electrons. The van der Waals surface area contributed by atoms with Gasteiger partial charge in [-0.1, -0.05) is 105 Å². The fraction of sp³-hybridized carbons (Fsp3) is 0.359. The maximum atomic E-state index is 13.9. The number of ether oxygens (including phenoxy) is 1. The van der Waals surface area contributed by atoms with Crippen LogP contribution in [0.5, 0.6) is 0 Å². The van der Waals surface area contributed by atoms with Crippen molar-refractivity contribution in [2.75, 3.05) is 6.54 Å². The lowest BCUT2D eigenvalue weighted by Gasteiger charge is -2.26. The van der Waals surface area contributed by atoms with Crippen LogP contribution < -0.4 is 38.1 Å². The average Bonchev–Trinajstić information content (AvgIpc) is 3.14. The number of Topliss-reactive ketones (excluding diaryl/α,β-unsaturated/α-hetero) is 1. The van der Waals surface area contributed by atoms with Crippen LogP contribution >= 0.6 is 0 Å². The summed E-state index contributed by atoms with van der Waals surface area (Å²) in [6, 6.07) is 21.9. The molecule has 0 saturated carbocycles. The van der Waals surface area contributed by atoms with Gasteiger partial charge in [0.15, 0.2) is 5.96 Å². The van der Waals surface area contributed by atoms with Gasteiger partial charge < -0.3 is 42.8 Å². The smallest absolute Gasteiger partial charge is 0.408 e. The molecule has 0 bridgehead atoms. The minimum absolute atomic E-state index is 0.0214. The van der Waals surface area contributed by atoms with E-state index in [0.717, 1.165) is 11.1 Å². The van der Waals surface area contributed by atoms with Gasteiger partial charge in [-0.2, -0.15) is 0 Å². The van der Waals surface area contributed by atoms with Gasteiger partial charge >= 0.3 is 6.09 Å². The van der Waals surface area contributed by atoms with Gasteiger partial charge in [-0.05, 0) is 41.9 Å². The summed E-state index contributed by atoms with van der Waals surface area (Å²) in [7, 11) is 0. The number of carbonyl (C=O) groups excluding carboxylic acids is 6. The third-order valence-corrected chi connectivity index (χ3v) is 8.22. The maximum absolute atomic E-state index is 13.9. The Kier molecular flexibility index (Phi) is 17.1. The molecular weight excluding hydrogens is 692 g/mol. The number of guanidine groups is 1. The van der Waals surface area contributed by atoms with Crippen molar-refractivity contribution >= 4 is 41.5 Å². The van der Waals surface area contributed by atoms with Crippen molar-refractivity contribution in [2.45, 2.75) is 76.7 Å². The molecule has 0 aliphatic rings. The van der Waals surface area contributed by atoms with Gasteiger partial charge in [0.25, 0.3) is 5.91 Å². The Morgan fingerprint density at radius 2 is 1.15 bits per heavy atom. The lowest BCUT2D eigenvalue weighted by atomic mass is 9.98. The molecule has 0 aliphatic carbocycles. The van der Waals surface area contributed by atoms with Gasteiger partial charge in [-0.25, -0.2) is 4.79 Å². The first-order chi connectivity index (χ1) is 25.8. The first kappa shape index (κ1) is 42.2. The molecule has 0 saturated heterocycles. The highest BCUT2D eigenvalue weighted by molar-refractivity contribution is 6.38. The highest BCUT2D eigenvalue weighted by Gasteiger charge is 2.34. The standard InChI is InChI=1S/C39H50N8O7/c1-25(2)21-31(46-36(51)32(23-27-15-8-4-9-16-27)47-39(53)54-24-28-17-10-5-11-18-28)35(50)45-30(22-26-13-6-3-7-14-26)33(48)37(52)44-29(34(40)49)19-12-20-43-38(41)42/h3-11,13-18,25,29-32H,12,19-24H2,1-2H3,(H2,40,49)(H,44,52)(H,45,50)(H,46,51)(H,47,53)(H4,41,42,43)/t29-,30?,31-,32-/m0/s1. The molecule has 4 atom stereocenters. The van der Waals surface area contributed by atoms with E-state index >= 15 is 0 Å². The number of ketones is 1. The van der Waals surface area contributed by atoms with Crippen LogP contribution in [0, 0.1) is 11.3 Å². The zero-order chi connectivity index (χ0) is 39.5. The number of alkyl carbamates (subject to hydrolysis) is 1. The number of nitrogens with one attached hydrogen (secondary N) is 6. The first-order valence-electron chi connectivity index (χ1n) is 17.7. The Morgan fingerprint density at radius 1 is 0.648 bits per heavy atom. The summed E-state index contributed by atoms with van der Waals surface area (Å²) in [5.41, 5.74) is 12.9. The third kappa shape index (κ3) is 15.2. The molecule has 0 fully saturated rings. The minimum Gasteiger partial charge on any atom is -0.445 e. The fourth-order valence-electron chi connectivity index (χ4n) is 5.48. The number of hydrogen-bond acceptors (Lipinski definition) is 8. The minimum atomic E-state index is -1.38. The molecular formula is C39H50N8O7. The molecule has 288 valence electrons. The number of amides is 5. The average molecular weight is 743 g/mol. The van der Waals surface area contributed by atoms with E-state index in [1.165, 1.54) is 0 Å². The molecule has 15 heteroatoms. The first-order valence-corrected chi connectivity index (χ1v) is 17.7. The summed E-state index contributed by atoms with van der Waals surface area (Å²) in [6.45, 7) is 3.91. The van der Waals surface area contributed by atoms with Crippen LogP contribution in [0.3, 0.4) is 0 Å². The molecule has 54 heavy (non-hydrogen) atoms. The Morgan fingerprint density at radius 3 is 1.67 bits per heavy atom. The SMILES string of the molecule is CC(C)C[C@H](NC(=O)[C@H](Cc1ccccc1)NC(=O)OCc1ccccc1)C(=O)NC(Cc1ccccc1)C(=O)C(=O)N[C@@H](CCCNC(=N)N)C(N)=O. The molecule has 1 unspecified atom stereocenters. The highest BCUT2D eigenvalue weighted by atomic mass is 16.5. The van der Waals surface area contributed by atoms with E-state index in [-0.39, 0.29) is 50.7 Å². The van der Waals surface area contributed by atoms with E-state index in [1.807, 2.05) is 38.1 Å². The summed E-state index contributed by atoms with van der Waals surface area (Å²) in [6.07, 6.45) is -0.299. The molecule has 0 aliphatic heterocycles. The monoisotopic (exact) mass is 742 g/mol. The van der Waals surface area contributed by atoms with Crippen LogP contribution in [0.4, 0.5) is 4.79 Å². The van der Waals surface area contributed by atoms with Crippen molar-refractivity contribution in [3.8, 4) is 0 Å². The Bertz CT molecular complexity index is 1710. The molecule has 0 heterocycles. The van der Waals surface area contributed by atoms with Gasteiger partial charge in [0.1, 0.15) is 30.8 Å². The topological polar surface area (TPSA) is 248 Å². The number of hydrogen-bond donors (Lipinski definition) is 8. The van der Waals surface area contributed by atoms with E-state index in [2.05, 4.69) is 26.6 Å². The van der Waals surface area contributed by atoms with Crippen LogP contribution in [-0.2, 0) is 48.2 Å². The lowest BCUT2D eigenvalue weighted by Crippen LogP contribution is -2.58. The summed E-state index contributed by atoms with van der Waals surface area (Å²) in [4.78, 5) is 79.7. The molecule has 3 aromatic rings. The van der Waals surface area contributed by atoms with Gasteiger partial charge in [-0.15, -0.1) is 0 Å². The second kappa shape index (κ2) is 22.0. The lowest BCUT2D eigenvalue weighted by molar-refractivity contribution is -0.141. The van der Waals surface area contributed by atoms with E-state index in [4.69, 9.17) is 21.6 Å². The van der Waals surface area contributed by atoms with Crippen LogP contribution in [0.15, 0.2) is 91.0 Å². The van der Waals surface area contributed by atoms with Crippen molar-refractivity contribution in [3.63, 3.8) is 0 Å². The third-order valence-electron chi connectivity index (χ3n) is 8.22. The summed E-state index contributed by atoms with van der Waals surface area (Å²) < 4.78 is 5.37. The van der Waals surface area contributed by atoms with E-state index in [0.29, 0.717) is 12.0 Å². The van der Waals surface area contributed by atoms with Crippen LogP contribution in [0.25, 0.3) is 0 Å². The van der Waals surface area contributed by atoms with Crippen LogP contribution in [-0.4, -0.2) is 72.2 Å². The van der Waals surface area contributed by atoms with E-state index in [9.17, 15) is 28.8 Å². The molecule has 5 amide bonds. The quantitative estimate of drug-likeness (QED) is 0.0341. The number of benzene rings is 3. The summed E-state index contributed by atoms with van der Waals surface area (Å²) in [5, 5.41) is 20.2. The Labute approximate surface area is 314 Å². The number of carbonyl (C=O) groups is 6. The second-order valence-electron chi connectivity index (χ2n) is 13.2. The molecule has 10 N–H and O–H groups in total. The van der Waals surface area contributed by atoms with E-state index < -0.39 is 59.7 Å². The van der Waals surface area contributed by atoms with Gasteiger partial charge in [0.05, 0.1) is 0 Å². The molecule has 3 aromatic carbocycles. The number of primary amides is 1. The largest absolute Gasteiger partial charge is 0.445 e. The molecule has 3 rings (SSSR count). The van der Waals surface area contributed by atoms with Crippen LogP contribution in [0.1, 0.15) is 49.8 Å². The predicted octanol–water partition coefficient (Wildman–Crippen LogP) is 1.58. The van der Waals surface area contributed by atoms with Crippen molar-refractivity contribution in [2.24, 2.45) is 17.4 Å². The van der Waals surface area contributed by atoms with Crippen molar-refractivity contribution < 1.29 is 33.5 Å². The summed E-state index contributed by atoms with van der Waals surface area (Å²) in [5.74, 6) is -4.79. The summed E-state index contributed by atoms with van der Waals surface area (Å²) >= 11 is 0. The Hall–Kier alpha value is -6.25. The van der Waals surface area contributed by atoms with Crippen LogP contribution in [0.2, 0.25) is 0 Å². The van der Waals surface area contributed by atoms with Gasteiger partial charge in [-0.3, -0.25) is 29.4 Å². The van der Waals surface area contributed by atoms with Gasteiger partial charge in [0.2, 0.25) is 23.5 Å². The number of rotatable bonds is 21. The zero-order valence-electron chi connectivity index (χ0n) is 30.5. The van der Waals surface area contributed by atoms with Crippen molar-refractivity contribution in [3.05, 3.63) is 108 Å². The maximum Gasteiger partial charge on any atom is 0.408 e. The molecule has 15 nitrogen and oxygen atoms in total. The highest BCUT2D eigenvalue weighted by Crippen LogP contribution is 2.11. The van der Waals surface area contributed by atoms with Gasteiger partial charge in [0, 0.05) is 19.4 Å². The Balaban J connectivity index is 1.79.